The molecule has 1 aliphatic rings. The van der Waals surface area contributed by atoms with Crippen LogP contribution in [0.3, 0.4) is 0 Å². The molecule has 1 unspecified atom stereocenters. The van der Waals surface area contributed by atoms with Crippen LogP contribution >= 0.6 is 12.4 Å². The van der Waals surface area contributed by atoms with Crippen molar-refractivity contribution in [3.63, 3.8) is 0 Å². The third kappa shape index (κ3) is 3.53. The number of piperidine rings is 1. The zero-order chi connectivity index (χ0) is 9.80. The van der Waals surface area contributed by atoms with Crippen molar-refractivity contribution in [1.82, 2.24) is 15.3 Å². The minimum Gasteiger partial charge on any atom is -0.473 e. The minimum absolute atomic E-state index is 0. The molecule has 2 heterocycles. The van der Waals surface area contributed by atoms with Gasteiger partial charge in [0.05, 0.1) is 0 Å². The number of rotatable bonds is 2. The van der Waals surface area contributed by atoms with Gasteiger partial charge in [0.1, 0.15) is 18.2 Å². The molecule has 2 rings (SSSR count). The number of hydrogen-bond acceptors (Lipinski definition) is 5. The fourth-order valence-corrected chi connectivity index (χ4v) is 1.51. The standard InChI is InChI=1S/C9H14N4O.ClH/c10-8-4-9(13-6-12-8)14-7-2-1-3-11-5-7;/h4,6-7,11H,1-3,5H2,(H2,10,12,13);1H. The van der Waals surface area contributed by atoms with Crippen molar-refractivity contribution in [2.75, 3.05) is 18.8 Å². The monoisotopic (exact) mass is 230 g/mol. The quantitative estimate of drug-likeness (QED) is 0.779. The number of nitrogens with one attached hydrogen (secondary N) is 1. The topological polar surface area (TPSA) is 73.1 Å². The van der Waals surface area contributed by atoms with Crippen LogP contribution in [-0.2, 0) is 0 Å². The molecular formula is C9H15ClN4O. The lowest BCUT2D eigenvalue weighted by molar-refractivity contribution is 0.160. The molecule has 3 N–H and O–H groups in total. The molecule has 0 radical (unpaired) electrons. The maximum Gasteiger partial charge on any atom is 0.218 e. The summed E-state index contributed by atoms with van der Waals surface area (Å²) < 4.78 is 5.64. The van der Waals surface area contributed by atoms with Gasteiger partial charge in [-0.2, -0.15) is 0 Å². The highest BCUT2D eigenvalue weighted by Crippen LogP contribution is 2.13. The van der Waals surface area contributed by atoms with E-state index in [1.165, 1.54) is 6.33 Å². The van der Waals surface area contributed by atoms with Crippen LogP contribution in [0.5, 0.6) is 5.88 Å². The first-order valence-electron chi connectivity index (χ1n) is 4.79. The zero-order valence-electron chi connectivity index (χ0n) is 8.35. The first-order valence-corrected chi connectivity index (χ1v) is 4.79. The molecular weight excluding hydrogens is 216 g/mol. The van der Waals surface area contributed by atoms with Gasteiger partial charge < -0.3 is 15.8 Å². The summed E-state index contributed by atoms with van der Waals surface area (Å²) in [5.74, 6) is 1.00. The number of ether oxygens (including phenoxy) is 1. The third-order valence-corrected chi connectivity index (χ3v) is 2.20. The second-order valence-corrected chi connectivity index (χ2v) is 3.37. The molecule has 15 heavy (non-hydrogen) atoms. The number of nitrogen functional groups attached to an aromatic ring is 1. The molecule has 6 heteroatoms. The fraction of sp³-hybridized carbons (Fsp3) is 0.556. The van der Waals surface area contributed by atoms with Crippen molar-refractivity contribution in [2.24, 2.45) is 0 Å². The highest BCUT2D eigenvalue weighted by Gasteiger charge is 2.14. The van der Waals surface area contributed by atoms with Crippen molar-refractivity contribution in [2.45, 2.75) is 18.9 Å². The van der Waals surface area contributed by atoms with Gasteiger partial charge in [-0.25, -0.2) is 9.97 Å². The predicted octanol–water partition coefficient (Wildman–Crippen LogP) is 0.611. The van der Waals surface area contributed by atoms with Gasteiger partial charge in [-0.05, 0) is 19.4 Å². The summed E-state index contributed by atoms with van der Waals surface area (Å²) in [7, 11) is 0. The smallest absolute Gasteiger partial charge is 0.218 e. The summed E-state index contributed by atoms with van der Waals surface area (Å²) in [6.45, 7) is 1.95. The molecule has 5 nitrogen and oxygen atoms in total. The van der Waals surface area contributed by atoms with Gasteiger partial charge in [0.2, 0.25) is 5.88 Å². The van der Waals surface area contributed by atoms with E-state index in [0.29, 0.717) is 11.7 Å². The fourth-order valence-electron chi connectivity index (χ4n) is 1.51. The van der Waals surface area contributed by atoms with E-state index in [1.54, 1.807) is 6.07 Å². The highest BCUT2D eigenvalue weighted by molar-refractivity contribution is 5.85. The molecule has 1 fully saturated rings. The van der Waals surface area contributed by atoms with E-state index in [4.69, 9.17) is 10.5 Å². The summed E-state index contributed by atoms with van der Waals surface area (Å²) in [5.41, 5.74) is 5.52. The number of nitrogens with two attached hydrogens (primary N) is 1. The molecule has 1 aromatic heterocycles. The lowest BCUT2D eigenvalue weighted by Crippen LogP contribution is -2.37. The van der Waals surface area contributed by atoms with E-state index in [-0.39, 0.29) is 18.5 Å². The largest absolute Gasteiger partial charge is 0.473 e. The van der Waals surface area contributed by atoms with Gasteiger partial charge in [0, 0.05) is 12.6 Å². The summed E-state index contributed by atoms with van der Waals surface area (Å²) in [6, 6.07) is 1.65. The van der Waals surface area contributed by atoms with E-state index in [9.17, 15) is 0 Å². The lowest BCUT2D eigenvalue weighted by Gasteiger charge is -2.23. The number of aromatic nitrogens is 2. The Morgan fingerprint density at radius 2 is 2.33 bits per heavy atom. The van der Waals surface area contributed by atoms with Gasteiger partial charge in [-0.15, -0.1) is 12.4 Å². The van der Waals surface area contributed by atoms with Crippen LogP contribution in [0.4, 0.5) is 5.82 Å². The van der Waals surface area contributed by atoms with Crippen molar-refractivity contribution in [3.05, 3.63) is 12.4 Å². The normalized spacial score (nSPS) is 20.4. The SMILES string of the molecule is Cl.Nc1cc(OC2CCCNC2)ncn1. The Morgan fingerprint density at radius 3 is 3.00 bits per heavy atom. The first-order chi connectivity index (χ1) is 6.84. The molecule has 1 aliphatic heterocycles. The number of nitrogens with zero attached hydrogens (tertiary/aromatic N) is 2. The summed E-state index contributed by atoms with van der Waals surface area (Å²) in [6.07, 6.45) is 3.83. The van der Waals surface area contributed by atoms with E-state index in [1.807, 2.05) is 0 Å². The van der Waals surface area contributed by atoms with Crippen molar-refractivity contribution in [1.29, 1.82) is 0 Å². The molecule has 0 spiro atoms. The number of halogens is 1. The third-order valence-electron chi connectivity index (χ3n) is 2.20. The average Bonchev–Trinajstić information content (AvgIpc) is 2.19. The molecule has 1 saturated heterocycles. The van der Waals surface area contributed by atoms with E-state index in [2.05, 4.69) is 15.3 Å². The summed E-state index contributed by atoms with van der Waals surface area (Å²) in [5, 5.41) is 3.27. The van der Waals surface area contributed by atoms with Gasteiger partial charge in [0.25, 0.3) is 0 Å². The van der Waals surface area contributed by atoms with Crippen LogP contribution in [-0.4, -0.2) is 29.2 Å². The Bertz CT molecular complexity index is 304. The Balaban J connectivity index is 0.00000112. The van der Waals surface area contributed by atoms with Crippen molar-refractivity contribution >= 4 is 18.2 Å². The van der Waals surface area contributed by atoms with Crippen molar-refractivity contribution in [3.8, 4) is 5.88 Å². The Kier molecular flexibility index (Phi) is 4.58. The predicted molar refractivity (Wildman–Crippen MR) is 60.2 cm³/mol. The Labute approximate surface area is 94.8 Å². The van der Waals surface area contributed by atoms with Crippen molar-refractivity contribution < 1.29 is 4.74 Å². The molecule has 0 bridgehead atoms. The lowest BCUT2D eigenvalue weighted by atomic mass is 10.1. The minimum atomic E-state index is 0. The average molecular weight is 231 g/mol. The number of anilines is 1. The molecule has 0 saturated carbocycles. The van der Waals surface area contributed by atoms with Crippen LogP contribution < -0.4 is 15.8 Å². The molecule has 1 atom stereocenters. The van der Waals surface area contributed by atoms with Crippen LogP contribution in [0.2, 0.25) is 0 Å². The Hall–Kier alpha value is -1.07. The Morgan fingerprint density at radius 1 is 1.47 bits per heavy atom. The van der Waals surface area contributed by atoms with E-state index in [0.717, 1.165) is 25.9 Å². The molecule has 0 aromatic carbocycles. The number of hydrogen-bond donors (Lipinski definition) is 2. The summed E-state index contributed by atoms with van der Waals surface area (Å²) >= 11 is 0. The van der Waals surface area contributed by atoms with Gasteiger partial charge in [0.15, 0.2) is 0 Å². The van der Waals surface area contributed by atoms with E-state index < -0.39 is 0 Å². The van der Waals surface area contributed by atoms with Gasteiger partial charge >= 0.3 is 0 Å². The van der Waals surface area contributed by atoms with Crippen LogP contribution in [0.15, 0.2) is 12.4 Å². The first kappa shape index (κ1) is 12.0. The van der Waals surface area contributed by atoms with Crippen LogP contribution in [0.1, 0.15) is 12.8 Å². The zero-order valence-corrected chi connectivity index (χ0v) is 9.17. The second kappa shape index (κ2) is 5.72. The maximum absolute atomic E-state index is 5.64. The van der Waals surface area contributed by atoms with Gasteiger partial charge in [-0.3, -0.25) is 0 Å². The van der Waals surface area contributed by atoms with Crippen LogP contribution in [0, 0.1) is 0 Å². The molecule has 0 aliphatic carbocycles. The van der Waals surface area contributed by atoms with Gasteiger partial charge in [-0.1, -0.05) is 0 Å². The maximum atomic E-state index is 5.64. The molecule has 0 amide bonds. The van der Waals surface area contributed by atoms with Crippen LogP contribution in [0.25, 0.3) is 0 Å². The molecule has 1 aromatic rings. The summed E-state index contributed by atoms with van der Waals surface area (Å²) in [4.78, 5) is 7.80. The molecule has 84 valence electrons. The van der Waals surface area contributed by atoms with E-state index >= 15 is 0 Å². The second-order valence-electron chi connectivity index (χ2n) is 3.37. The highest BCUT2D eigenvalue weighted by atomic mass is 35.5.